The van der Waals surface area contributed by atoms with E-state index in [1.54, 1.807) is 7.11 Å². The number of carbonyl (C=O) groups is 1. The van der Waals surface area contributed by atoms with E-state index < -0.39 is 0 Å². The molecular weight excluding hydrogens is 178 g/mol. The summed E-state index contributed by atoms with van der Waals surface area (Å²) in [5.74, 6) is 1.48. The minimum absolute atomic E-state index is 0.135. The number of hydrogen-bond acceptors (Lipinski definition) is 2. The van der Waals surface area contributed by atoms with Gasteiger partial charge < -0.3 is 9.64 Å². The highest BCUT2D eigenvalue weighted by Gasteiger charge is 2.30. The van der Waals surface area contributed by atoms with Gasteiger partial charge >= 0.3 is 0 Å². The monoisotopic (exact) mass is 199 g/mol. The normalized spacial score (nSPS) is 24.4. The van der Waals surface area contributed by atoms with E-state index in [1.807, 2.05) is 11.8 Å². The number of methoxy groups -OCH3 is 1. The molecule has 1 saturated heterocycles. The summed E-state index contributed by atoms with van der Waals surface area (Å²) in [6, 6.07) is 0. The van der Waals surface area contributed by atoms with Gasteiger partial charge in [-0.2, -0.15) is 0 Å². The molecule has 0 saturated carbocycles. The Bertz CT molecular complexity index is 203. The van der Waals surface area contributed by atoms with Crippen molar-refractivity contribution in [3.63, 3.8) is 0 Å². The average molecular weight is 199 g/mol. The average Bonchev–Trinajstić information content (AvgIpc) is 2.64. The molecule has 1 aliphatic heterocycles. The Morgan fingerprint density at radius 1 is 1.43 bits per heavy atom. The molecule has 0 spiro atoms. The van der Waals surface area contributed by atoms with E-state index in [4.69, 9.17) is 4.74 Å². The summed E-state index contributed by atoms with van der Waals surface area (Å²) in [7, 11) is 1.58. The molecule has 0 N–H and O–H groups in total. The third-order valence-electron chi connectivity index (χ3n) is 3.18. The van der Waals surface area contributed by atoms with Crippen LogP contribution in [0.4, 0.5) is 0 Å². The minimum Gasteiger partial charge on any atom is -0.372 e. The number of ether oxygens (including phenoxy) is 1. The van der Waals surface area contributed by atoms with Gasteiger partial charge in [0.1, 0.15) is 6.10 Å². The van der Waals surface area contributed by atoms with Crippen molar-refractivity contribution in [1.82, 2.24) is 4.90 Å². The Morgan fingerprint density at radius 3 is 2.50 bits per heavy atom. The highest BCUT2D eigenvalue weighted by Crippen LogP contribution is 2.24. The van der Waals surface area contributed by atoms with Crippen LogP contribution < -0.4 is 0 Å². The molecule has 0 aromatic heterocycles. The largest absolute Gasteiger partial charge is 0.372 e. The fourth-order valence-electron chi connectivity index (χ4n) is 1.89. The van der Waals surface area contributed by atoms with Crippen LogP contribution in [0.2, 0.25) is 0 Å². The number of nitrogens with zero attached hydrogens (tertiary/aromatic N) is 1. The van der Waals surface area contributed by atoms with Gasteiger partial charge in [0, 0.05) is 20.2 Å². The van der Waals surface area contributed by atoms with Crippen molar-refractivity contribution in [1.29, 1.82) is 0 Å². The lowest BCUT2D eigenvalue weighted by Gasteiger charge is -2.20. The molecule has 1 fully saturated rings. The molecule has 1 rings (SSSR count). The predicted octanol–water partition coefficient (Wildman–Crippen LogP) is 1.53. The second-order valence-corrected chi connectivity index (χ2v) is 4.45. The molecule has 82 valence electrons. The highest BCUT2D eigenvalue weighted by atomic mass is 16.5. The van der Waals surface area contributed by atoms with Crippen molar-refractivity contribution in [2.45, 2.75) is 33.3 Å². The predicted molar refractivity (Wildman–Crippen MR) is 56.0 cm³/mol. The fourth-order valence-corrected chi connectivity index (χ4v) is 1.89. The first-order chi connectivity index (χ1) is 6.56. The lowest BCUT2D eigenvalue weighted by molar-refractivity contribution is -0.140. The van der Waals surface area contributed by atoms with E-state index in [0.29, 0.717) is 11.8 Å². The molecule has 2 atom stereocenters. The van der Waals surface area contributed by atoms with Gasteiger partial charge in [0.2, 0.25) is 0 Å². The molecule has 3 heteroatoms. The Morgan fingerprint density at radius 2 is 2.07 bits per heavy atom. The number of likely N-dealkylation sites (tertiary alicyclic amines) is 1. The van der Waals surface area contributed by atoms with Crippen molar-refractivity contribution in [3.05, 3.63) is 0 Å². The van der Waals surface area contributed by atoms with Crippen molar-refractivity contribution in [2.24, 2.45) is 11.8 Å². The highest BCUT2D eigenvalue weighted by molar-refractivity contribution is 5.80. The van der Waals surface area contributed by atoms with Crippen LogP contribution in [0.3, 0.4) is 0 Å². The molecule has 3 nitrogen and oxygen atoms in total. The first kappa shape index (κ1) is 11.5. The van der Waals surface area contributed by atoms with E-state index in [1.165, 1.54) is 0 Å². The maximum atomic E-state index is 11.7. The lowest BCUT2D eigenvalue weighted by Crippen LogP contribution is -2.37. The topological polar surface area (TPSA) is 29.5 Å². The van der Waals surface area contributed by atoms with Crippen molar-refractivity contribution in [2.75, 3.05) is 20.2 Å². The summed E-state index contributed by atoms with van der Waals surface area (Å²) in [5.41, 5.74) is 0. The molecule has 0 aromatic carbocycles. The summed E-state index contributed by atoms with van der Waals surface area (Å²) in [5, 5.41) is 0. The smallest absolute Gasteiger partial charge is 0.251 e. The van der Waals surface area contributed by atoms with Gasteiger partial charge in [-0.15, -0.1) is 0 Å². The van der Waals surface area contributed by atoms with Crippen LogP contribution in [0.15, 0.2) is 0 Å². The van der Waals surface area contributed by atoms with Gasteiger partial charge in [-0.05, 0) is 25.2 Å². The number of amides is 1. The number of carbonyl (C=O) groups excluding carboxylic acids is 1. The summed E-state index contributed by atoms with van der Waals surface area (Å²) in [6.07, 6.45) is 0.848. The first-order valence-electron chi connectivity index (χ1n) is 5.37. The number of hydrogen-bond donors (Lipinski definition) is 0. The fraction of sp³-hybridized carbons (Fsp3) is 0.909. The van der Waals surface area contributed by atoms with Gasteiger partial charge in [0.05, 0.1) is 0 Å². The zero-order valence-electron chi connectivity index (χ0n) is 9.62. The zero-order chi connectivity index (χ0) is 10.7. The summed E-state index contributed by atoms with van der Waals surface area (Å²) in [4.78, 5) is 13.7. The summed E-state index contributed by atoms with van der Waals surface area (Å²) < 4.78 is 5.03. The van der Waals surface area contributed by atoms with Gasteiger partial charge in [0.15, 0.2) is 0 Å². The lowest BCUT2D eigenvalue weighted by atomic mass is 9.95. The van der Waals surface area contributed by atoms with E-state index >= 15 is 0 Å². The van der Waals surface area contributed by atoms with Gasteiger partial charge in [-0.25, -0.2) is 0 Å². The minimum atomic E-state index is -0.291. The summed E-state index contributed by atoms with van der Waals surface area (Å²) >= 11 is 0. The van der Waals surface area contributed by atoms with Crippen LogP contribution in [0.5, 0.6) is 0 Å². The summed E-state index contributed by atoms with van der Waals surface area (Å²) in [6.45, 7) is 8.06. The second-order valence-electron chi connectivity index (χ2n) is 4.45. The quantitative estimate of drug-likeness (QED) is 0.690. The Kier molecular flexibility index (Phi) is 3.93. The molecule has 1 amide bonds. The van der Waals surface area contributed by atoms with Crippen molar-refractivity contribution >= 4 is 5.91 Å². The first-order valence-corrected chi connectivity index (χ1v) is 5.37. The maximum absolute atomic E-state index is 11.7. The molecule has 1 heterocycles. The Labute approximate surface area is 86.4 Å². The second kappa shape index (κ2) is 4.78. The number of rotatable bonds is 3. The molecule has 14 heavy (non-hydrogen) atoms. The maximum Gasteiger partial charge on any atom is 0.251 e. The SMILES string of the molecule is CO[C@@H](C)C(=O)N1CC[C@@H](C(C)C)C1. The van der Waals surface area contributed by atoms with Gasteiger partial charge in [-0.1, -0.05) is 13.8 Å². The van der Waals surface area contributed by atoms with E-state index in [9.17, 15) is 4.79 Å². The van der Waals surface area contributed by atoms with Crippen LogP contribution in [0.1, 0.15) is 27.2 Å². The van der Waals surface area contributed by atoms with E-state index in [0.717, 1.165) is 19.5 Å². The molecule has 0 radical (unpaired) electrons. The van der Waals surface area contributed by atoms with Crippen molar-refractivity contribution < 1.29 is 9.53 Å². The third-order valence-corrected chi connectivity index (χ3v) is 3.18. The van der Waals surface area contributed by atoms with E-state index in [-0.39, 0.29) is 12.0 Å². The Hall–Kier alpha value is -0.570. The third kappa shape index (κ3) is 2.47. The molecular formula is C11H21NO2. The van der Waals surface area contributed by atoms with Crippen LogP contribution in [0.25, 0.3) is 0 Å². The van der Waals surface area contributed by atoms with Crippen molar-refractivity contribution in [3.8, 4) is 0 Å². The molecule has 0 aliphatic carbocycles. The van der Waals surface area contributed by atoms with Gasteiger partial charge in [0.25, 0.3) is 5.91 Å². The van der Waals surface area contributed by atoms with Crippen LogP contribution in [0, 0.1) is 11.8 Å². The molecule has 0 aromatic rings. The molecule has 1 aliphatic rings. The van der Waals surface area contributed by atoms with Gasteiger partial charge in [-0.3, -0.25) is 4.79 Å². The molecule has 0 unspecified atom stereocenters. The van der Waals surface area contributed by atoms with E-state index in [2.05, 4.69) is 13.8 Å². The molecule has 0 bridgehead atoms. The standard InChI is InChI=1S/C11H21NO2/c1-8(2)10-5-6-12(7-10)11(13)9(3)14-4/h8-10H,5-7H2,1-4H3/t9-,10+/m0/s1. The Balaban J connectivity index is 2.45. The van der Waals surface area contributed by atoms with Crippen LogP contribution >= 0.6 is 0 Å². The zero-order valence-corrected chi connectivity index (χ0v) is 9.62. The van der Waals surface area contributed by atoms with Crippen LogP contribution in [-0.4, -0.2) is 37.1 Å². The van der Waals surface area contributed by atoms with Crippen LogP contribution in [-0.2, 0) is 9.53 Å².